The fraction of sp³-hybridized carbons (Fsp3) is 0.200. The number of ether oxygens (including phenoxy) is 1. The molecule has 0 bridgehead atoms. The van der Waals surface area contributed by atoms with E-state index in [1.165, 1.54) is 29.8 Å². The van der Waals surface area contributed by atoms with Crippen LogP contribution in [0.5, 0.6) is 0 Å². The first-order chi connectivity index (χ1) is 14.7. The van der Waals surface area contributed by atoms with Gasteiger partial charge in [0, 0.05) is 18.7 Å². The lowest BCUT2D eigenvalue weighted by atomic mass is 10.1. The van der Waals surface area contributed by atoms with Gasteiger partial charge in [-0.1, -0.05) is 60.7 Å². The Morgan fingerprint density at radius 1 is 0.900 bits per heavy atom. The fourth-order valence-electron chi connectivity index (χ4n) is 3.02. The minimum atomic E-state index is -0.462. The monoisotopic (exact) mass is 404 g/mol. The van der Waals surface area contributed by atoms with Crippen LogP contribution in [0.4, 0.5) is 4.39 Å². The van der Waals surface area contributed by atoms with E-state index in [1.54, 1.807) is 0 Å². The average Bonchev–Trinajstić information content (AvgIpc) is 2.78. The van der Waals surface area contributed by atoms with E-state index >= 15 is 0 Å². The van der Waals surface area contributed by atoms with Gasteiger partial charge in [-0.25, -0.2) is 4.39 Å². The highest BCUT2D eigenvalue weighted by atomic mass is 19.1. The molecular weight excluding hydrogens is 379 g/mol. The number of aliphatic imine (C=N–C) groups is 1. The van der Waals surface area contributed by atoms with Gasteiger partial charge in [0.25, 0.3) is 11.9 Å². The van der Waals surface area contributed by atoms with E-state index in [2.05, 4.69) is 17.1 Å². The molecule has 3 aromatic rings. The molecule has 0 saturated carbocycles. The maximum absolute atomic E-state index is 13.2. The number of carbonyl (C=O) groups is 1. The Kier molecular flexibility index (Phi) is 7.72. The van der Waals surface area contributed by atoms with Crippen LogP contribution in [0.2, 0.25) is 0 Å². The number of nitrogens with zero attached hydrogens (tertiary/aromatic N) is 2. The van der Waals surface area contributed by atoms with E-state index in [0.717, 1.165) is 12.0 Å². The zero-order valence-electron chi connectivity index (χ0n) is 17.0. The fourth-order valence-corrected chi connectivity index (χ4v) is 3.02. The minimum Gasteiger partial charge on any atom is -0.465 e. The number of hydrogen-bond donors (Lipinski definition) is 0. The molecule has 0 aromatic heterocycles. The molecule has 0 atom stereocenters. The predicted octanol–water partition coefficient (Wildman–Crippen LogP) is 5.10. The number of rotatable bonds is 7. The topological polar surface area (TPSA) is 41.9 Å². The molecule has 0 unspecified atom stereocenters. The molecule has 3 rings (SSSR count). The van der Waals surface area contributed by atoms with Gasteiger partial charge in [-0.05, 0) is 48.7 Å². The Morgan fingerprint density at radius 2 is 1.50 bits per heavy atom. The Hall–Kier alpha value is -3.47. The molecule has 154 valence electrons. The third-order valence-electron chi connectivity index (χ3n) is 4.56. The van der Waals surface area contributed by atoms with Gasteiger partial charge in [0.05, 0.1) is 6.61 Å². The molecule has 5 heteroatoms. The summed E-state index contributed by atoms with van der Waals surface area (Å²) in [5.41, 5.74) is 2.60. The molecule has 4 nitrogen and oxygen atoms in total. The normalized spacial score (nSPS) is 11.2. The second-order valence-corrected chi connectivity index (χ2v) is 6.78. The van der Waals surface area contributed by atoms with E-state index in [4.69, 9.17) is 4.74 Å². The van der Waals surface area contributed by atoms with Crippen LogP contribution in [0.25, 0.3) is 0 Å². The molecule has 0 aliphatic heterocycles. The maximum atomic E-state index is 13.2. The summed E-state index contributed by atoms with van der Waals surface area (Å²) in [6.07, 6.45) is 0.782. The number of halogens is 1. The van der Waals surface area contributed by atoms with Gasteiger partial charge in [0.1, 0.15) is 5.82 Å². The largest absolute Gasteiger partial charge is 0.465 e. The molecule has 0 aliphatic rings. The summed E-state index contributed by atoms with van der Waals surface area (Å²) in [4.78, 5) is 18.9. The Balaban J connectivity index is 1.85. The summed E-state index contributed by atoms with van der Waals surface area (Å²) in [5, 5.41) is 0. The number of carbonyl (C=O) groups excluding carboxylic acids is 1. The number of amides is 1. The summed E-state index contributed by atoms with van der Waals surface area (Å²) in [6.45, 7) is 3.43. The zero-order chi connectivity index (χ0) is 21.2. The first-order valence-corrected chi connectivity index (χ1v) is 10.00. The van der Waals surface area contributed by atoms with Crippen LogP contribution < -0.4 is 0 Å². The van der Waals surface area contributed by atoms with Gasteiger partial charge in [-0.15, -0.1) is 0 Å². The Labute approximate surface area is 176 Å². The predicted molar refractivity (Wildman–Crippen MR) is 117 cm³/mol. The van der Waals surface area contributed by atoms with Crippen LogP contribution in [0, 0.1) is 5.82 Å². The average molecular weight is 404 g/mol. The number of benzene rings is 3. The van der Waals surface area contributed by atoms with Crippen molar-refractivity contribution < 1.29 is 13.9 Å². The van der Waals surface area contributed by atoms with Crippen molar-refractivity contribution in [2.24, 2.45) is 4.99 Å². The van der Waals surface area contributed by atoms with Gasteiger partial charge < -0.3 is 9.64 Å². The van der Waals surface area contributed by atoms with Crippen molar-refractivity contribution in [3.05, 3.63) is 107 Å². The second kappa shape index (κ2) is 10.9. The Bertz CT molecular complexity index is 957. The van der Waals surface area contributed by atoms with E-state index in [1.807, 2.05) is 60.4 Å². The first kappa shape index (κ1) is 21.2. The summed E-state index contributed by atoms with van der Waals surface area (Å²) in [5.74, 6) is -0.856. The van der Waals surface area contributed by atoms with E-state index in [9.17, 15) is 9.18 Å². The summed E-state index contributed by atoms with van der Waals surface area (Å²) in [6, 6.07) is 25.7. The van der Waals surface area contributed by atoms with Crippen molar-refractivity contribution in [1.82, 2.24) is 4.90 Å². The minimum absolute atomic E-state index is 0.270. The standard InChI is InChI=1S/C25H25FN2O2/c1-2-30-25(27-24(29)22-13-15-23(26)16-14-22)28(19-21-11-7-4-8-12-21)18-17-20-9-5-3-6-10-20/h3-16H,2,17-19H2,1H3. The molecular formula is C25H25FN2O2. The number of hydrogen-bond acceptors (Lipinski definition) is 2. The smallest absolute Gasteiger partial charge is 0.295 e. The third kappa shape index (κ3) is 6.27. The van der Waals surface area contributed by atoms with Crippen LogP contribution in [0.15, 0.2) is 89.9 Å². The molecule has 0 radical (unpaired) electrons. The highest BCUT2D eigenvalue weighted by molar-refractivity contribution is 6.01. The van der Waals surface area contributed by atoms with E-state index < -0.39 is 11.7 Å². The van der Waals surface area contributed by atoms with Crippen molar-refractivity contribution in [1.29, 1.82) is 0 Å². The van der Waals surface area contributed by atoms with Crippen LogP contribution in [-0.4, -0.2) is 30.0 Å². The second-order valence-electron chi connectivity index (χ2n) is 6.78. The number of amidine groups is 1. The summed E-state index contributed by atoms with van der Waals surface area (Å²) >= 11 is 0. The third-order valence-corrected chi connectivity index (χ3v) is 4.56. The van der Waals surface area contributed by atoms with Gasteiger partial charge in [0.15, 0.2) is 0 Å². The summed E-state index contributed by atoms with van der Waals surface area (Å²) < 4.78 is 18.9. The van der Waals surface area contributed by atoms with Crippen molar-refractivity contribution in [3.63, 3.8) is 0 Å². The molecule has 1 amide bonds. The zero-order valence-corrected chi connectivity index (χ0v) is 17.0. The highest BCUT2D eigenvalue weighted by Gasteiger charge is 2.16. The SMILES string of the molecule is CCOC(=NC(=O)c1ccc(F)cc1)N(CCc1ccccc1)Cc1ccccc1. The molecule has 0 fully saturated rings. The highest BCUT2D eigenvalue weighted by Crippen LogP contribution is 2.11. The van der Waals surface area contributed by atoms with Gasteiger partial charge in [0.2, 0.25) is 0 Å². The van der Waals surface area contributed by atoms with Gasteiger partial charge >= 0.3 is 0 Å². The van der Waals surface area contributed by atoms with Crippen molar-refractivity contribution in [3.8, 4) is 0 Å². The van der Waals surface area contributed by atoms with Crippen LogP contribution in [0.3, 0.4) is 0 Å². The maximum Gasteiger partial charge on any atom is 0.295 e. The lowest BCUT2D eigenvalue weighted by molar-refractivity contribution is 0.0993. The molecule has 0 heterocycles. The van der Waals surface area contributed by atoms with Crippen LogP contribution in [-0.2, 0) is 17.7 Å². The molecule has 0 aliphatic carbocycles. The van der Waals surface area contributed by atoms with Crippen LogP contribution in [0.1, 0.15) is 28.4 Å². The lowest BCUT2D eigenvalue weighted by Crippen LogP contribution is -2.35. The molecule has 30 heavy (non-hydrogen) atoms. The van der Waals surface area contributed by atoms with Crippen molar-refractivity contribution in [2.45, 2.75) is 19.9 Å². The van der Waals surface area contributed by atoms with E-state index in [0.29, 0.717) is 25.3 Å². The van der Waals surface area contributed by atoms with Gasteiger partial charge in [-0.2, -0.15) is 4.99 Å². The molecule has 0 spiro atoms. The molecule has 0 saturated heterocycles. The van der Waals surface area contributed by atoms with E-state index in [-0.39, 0.29) is 6.02 Å². The Morgan fingerprint density at radius 3 is 2.10 bits per heavy atom. The molecule has 0 N–H and O–H groups in total. The first-order valence-electron chi connectivity index (χ1n) is 10.00. The van der Waals surface area contributed by atoms with Gasteiger partial charge in [-0.3, -0.25) is 4.79 Å². The lowest BCUT2D eigenvalue weighted by Gasteiger charge is -2.25. The summed E-state index contributed by atoms with van der Waals surface area (Å²) in [7, 11) is 0. The molecule has 3 aromatic carbocycles. The van der Waals surface area contributed by atoms with Crippen molar-refractivity contribution in [2.75, 3.05) is 13.2 Å². The quantitative estimate of drug-likeness (QED) is 0.406. The van der Waals surface area contributed by atoms with Crippen LogP contribution >= 0.6 is 0 Å². The van der Waals surface area contributed by atoms with Crippen molar-refractivity contribution >= 4 is 11.9 Å².